The topological polar surface area (TPSA) is 43.6 Å². The van der Waals surface area contributed by atoms with Crippen LogP contribution >= 0.6 is 0 Å². The van der Waals surface area contributed by atoms with Crippen LogP contribution in [0.5, 0.6) is 0 Å². The molecule has 0 fully saturated rings. The summed E-state index contributed by atoms with van der Waals surface area (Å²) in [6.45, 7) is 0. The quantitative estimate of drug-likeness (QED) is 0.585. The Labute approximate surface area is 63.5 Å². The molecule has 11 heavy (non-hydrogen) atoms. The molecule has 0 aliphatic rings. The van der Waals surface area contributed by atoms with Crippen molar-refractivity contribution in [2.45, 2.75) is 0 Å². The third-order valence-corrected chi connectivity index (χ3v) is 1.27. The van der Waals surface area contributed by atoms with Gasteiger partial charge < -0.3 is 0 Å². The molecule has 0 bridgehead atoms. The molecule has 0 saturated carbocycles. The van der Waals surface area contributed by atoms with Crippen LogP contribution in [0.25, 0.3) is 5.69 Å². The maximum Gasteiger partial charge on any atom is 0.162 e. The number of hydrogen-bond acceptors (Lipinski definition) is 3. The summed E-state index contributed by atoms with van der Waals surface area (Å²) in [7, 11) is 0. The molecular formula is C7H5N4. The Morgan fingerprint density at radius 3 is 3.09 bits per heavy atom. The Morgan fingerprint density at radius 1 is 1.45 bits per heavy atom. The summed E-state index contributed by atoms with van der Waals surface area (Å²) < 4.78 is 0. The lowest BCUT2D eigenvalue weighted by molar-refractivity contribution is 0.720. The van der Waals surface area contributed by atoms with Crippen molar-refractivity contribution in [3.8, 4) is 5.69 Å². The van der Waals surface area contributed by atoms with E-state index in [-0.39, 0.29) is 0 Å². The Morgan fingerprint density at radius 2 is 2.45 bits per heavy atom. The van der Waals surface area contributed by atoms with Crippen molar-refractivity contribution in [2.75, 3.05) is 0 Å². The predicted octanol–water partition coefficient (Wildman–Crippen LogP) is 0.462. The van der Waals surface area contributed by atoms with Gasteiger partial charge in [0.05, 0.1) is 5.69 Å². The van der Waals surface area contributed by atoms with Gasteiger partial charge in [0.15, 0.2) is 6.33 Å². The SMILES string of the molecule is [c]1cccc(-n2ncnn2)c1. The van der Waals surface area contributed by atoms with E-state index >= 15 is 0 Å². The summed E-state index contributed by atoms with van der Waals surface area (Å²) in [5.74, 6) is 0. The molecule has 0 spiro atoms. The fourth-order valence-corrected chi connectivity index (χ4v) is 0.794. The largest absolute Gasteiger partial charge is 0.162 e. The highest BCUT2D eigenvalue weighted by Crippen LogP contribution is 1.99. The number of rotatable bonds is 1. The minimum Gasteiger partial charge on any atom is -0.135 e. The number of hydrogen-bond donors (Lipinski definition) is 0. The molecule has 0 atom stereocenters. The van der Waals surface area contributed by atoms with Gasteiger partial charge >= 0.3 is 0 Å². The van der Waals surface area contributed by atoms with Crippen LogP contribution in [0, 0.1) is 6.07 Å². The third kappa shape index (κ3) is 1.10. The van der Waals surface area contributed by atoms with Crippen molar-refractivity contribution < 1.29 is 0 Å². The second-order valence-electron chi connectivity index (χ2n) is 1.99. The van der Waals surface area contributed by atoms with Gasteiger partial charge in [-0.1, -0.05) is 12.1 Å². The lowest BCUT2D eigenvalue weighted by atomic mass is 10.3. The first-order valence-corrected chi connectivity index (χ1v) is 3.16. The molecule has 4 heteroatoms. The number of nitrogens with zero attached hydrogens (tertiary/aromatic N) is 4. The van der Waals surface area contributed by atoms with Gasteiger partial charge in [-0.2, -0.15) is 0 Å². The van der Waals surface area contributed by atoms with Gasteiger partial charge in [0.25, 0.3) is 0 Å². The van der Waals surface area contributed by atoms with Crippen LogP contribution in [0.4, 0.5) is 0 Å². The molecule has 53 valence electrons. The average Bonchev–Trinajstić information content (AvgIpc) is 2.58. The van der Waals surface area contributed by atoms with Crippen molar-refractivity contribution in [1.29, 1.82) is 0 Å². The molecule has 1 heterocycles. The zero-order valence-electron chi connectivity index (χ0n) is 5.68. The smallest absolute Gasteiger partial charge is 0.135 e. The van der Waals surface area contributed by atoms with Gasteiger partial charge in [0.1, 0.15) is 0 Å². The van der Waals surface area contributed by atoms with Gasteiger partial charge in [-0.05, 0) is 23.4 Å². The Balaban J connectivity index is 2.46. The minimum absolute atomic E-state index is 0.866. The van der Waals surface area contributed by atoms with Crippen LogP contribution < -0.4 is 0 Å². The summed E-state index contributed by atoms with van der Waals surface area (Å²) in [5.41, 5.74) is 0.866. The van der Waals surface area contributed by atoms with Crippen LogP contribution in [0.15, 0.2) is 30.6 Å². The lowest BCUT2D eigenvalue weighted by Gasteiger charge is -1.93. The van der Waals surface area contributed by atoms with E-state index in [0.29, 0.717) is 0 Å². The van der Waals surface area contributed by atoms with E-state index in [9.17, 15) is 0 Å². The van der Waals surface area contributed by atoms with Gasteiger partial charge in [0, 0.05) is 0 Å². The standard InChI is InChI=1S/C7H5N4/c1-2-4-7(5-3-1)11-9-6-8-10-11/h1-2,4-6H. The van der Waals surface area contributed by atoms with Gasteiger partial charge in [-0.25, -0.2) is 0 Å². The molecule has 1 aromatic heterocycles. The normalized spacial score (nSPS) is 9.82. The molecule has 2 rings (SSSR count). The van der Waals surface area contributed by atoms with E-state index < -0.39 is 0 Å². The van der Waals surface area contributed by atoms with E-state index in [0.717, 1.165) is 5.69 Å². The second-order valence-corrected chi connectivity index (χ2v) is 1.99. The van der Waals surface area contributed by atoms with Crippen LogP contribution in [-0.4, -0.2) is 20.2 Å². The molecule has 0 N–H and O–H groups in total. The van der Waals surface area contributed by atoms with Crippen LogP contribution in [0.1, 0.15) is 0 Å². The Hall–Kier alpha value is -1.71. The molecule has 0 amide bonds. The minimum atomic E-state index is 0.866. The van der Waals surface area contributed by atoms with Crippen molar-refractivity contribution in [1.82, 2.24) is 20.2 Å². The summed E-state index contributed by atoms with van der Waals surface area (Å²) in [4.78, 5) is 1.44. The summed E-state index contributed by atoms with van der Waals surface area (Å²) in [5, 5.41) is 11.2. The fourth-order valence-electron chi connectivity index (χ4n) is 0.794. The molecule has 0 aliphatic heterocycles. The zero-order chi connectivity index (χ0) is 7.52. The number of benzene rings is 1. The molecule has 2 aromatic rings. The molecule has 0 saturated heterocycles. The van der Waals surface area contributed by atoms with E-state index in [1.165, 1.54) is 11.1 Å². The van der Waals surface area contributed by atoms with Crippen molar-refractivity contribution in [2.24, 2.45) is 0 Å². The van der Waals surface area contributed by atoms with Crippen LogP contribution in [-0.2, 0) is 0 Å². The third-order valence-electron chi connectivity index (χ3n) is 1.27. The first-order chi connectivity index (χ1) is 5.47. The zero-order valence-corrected chi connectivity index (χ0v) is 5.68. The average molecular weight is 145 g/mol. The molecule has 1 radical (unpaired) electrons. The second kappa shape index (κ2) is 2.49. The maximum atomic E-state index is 3.86. The monoisotopic (exact) mass is 145 g/mol. The van der Waals surface area contributed by atoms with Crippen molar-refractivity contribution in [3.05, 3.63) is 36.7 Å². The Kier molecular flexibility index (Phi) is 1.37. The molecular weight excluding hydrogens is 140 g/mol. The lowest BCUT2D eigenvalue weighted by Crippen LogP contribution is -1.97. The van der Waals surface area contributed by atoms with Crippen LogP contribution in [0.3, 0.4) is 0 Å². The molecule has 0 unspecified atom stereocenters. The van der Waals surface area contributed by atoms with E-state index in [1.807, 2.05) is 18.2 Å². The predicted molar refractivity (Wildman–Crippen MR) is 38.0 cm³/mol. The van der Waals surface area contributed by atoms with Crippen molar-refractivity contribution in [3.63, 3.8) is 0 Å². The van der Waals surface area contributed by atoms with E-state index in [4.69, 9.17) is 0 Å². The maximum absolute atomic E-state index is 3.86. The van der Waals surface area contributed by atoms with Crippen LogP contribution in [0.2, 0.25) is 0 Å². The summed E-state index contributed by atoms with van der Waals surface area (Å²) in [6.07, 6.45) is 1.40. The summed E-state index contributed by atoms with van der Waals surface area (Å²) in [6, 6.07) is 10.3. The van der Waals surface area contributed by atoms with Crippen molar-refractivity contribution >= 4 is 0 Å². The van der Waals surface area contributed by atoms with Gasteiger partial charge in [-0.3, -0.25) is 0 Å². The Bertz CT molecular complexity index is 313. The van der Waals surface area contributed by atoms with E-state index in [1.54, 1.807) is 6.07 Å². The molecule has 1 aromatic carbocycles. The molecule has 4 nitrogen and oxygen atoms in total. The fraction of sp³-hybridized carbons (Fsp3) is 0. The first-order valence-electron chi connectivity index (χ1n) is 3.16. The first kappa shape index (κ1) is 6.03. The van der Waals surface area contributed by atoms with E-state index in [2.05, 4.69) is 21.5 Å². The van der Waals surface area contributed by atoms with Gasteiger partial charge in [0.2, 0.25) is 0 Å². The number of tetrazole rings is 1. The highest BCUT2D eigenvalue weighted by Gasteiger charge is 1.93. The van der Waals surface area contributed by atoms with Gasteiger partial charge in [-0.15, -0.1) is 15.0 Å². The number of aromatic nitrogens is 4. The molecule has 0 aliphatic carbocycles. The summed E-state index contributed by atoms with van der Waals surface area (Å²) >= 11 is 0. The highest BCUT2D eigenvalue weighted by molar-refractivity contribution is 5.26. The highest BCUT2D eigenvalue weighted by atomic mass is 15.6.